The van der Waals surface area contributed by atoms with E-state index in [0.29, 0.717) is 6.04 Å². The van der Waals surface area contributed by atoms with E-state index in [-0.39, 0.29) is 0 Å². The predicted octanol–water partition coefficient (Wildman–Crippen LogP) is 2.01. The molecule has 1 aliphatic heterocycles. The monoisotopic (exact) mass is 310 g/mol. The van der Waals surface area contributed by atoms with E-state index in [0.717, 1.165) is 45.0 Å². The zero-order valence-electron chi connectivity index (χ0n) is 14.6. The first-order chi connectivity index (χ1) is 10.8. The first-order valence-electron chi connectivity index (χ1n) is 8.67. The molecule has 1 saturated heterocycles. The van der Waals surface area contributed by atoms with Gasteiger partial charge in [-0.25, -0.2) is 0 Å². The molecule has 0 aromatic rings. The van der Waals surface area contributed by atoms with E-state index in [4.69, 9.17) is 4.74 Å². The zero-order chi connectivity index (χ0) is 16.0. The number of likely N-dealkylation sites (tertiary alicyclic amines) is 1. The molecule has 1 rings (SSSR count). The summed E-state index contributed by atoms with van der Waals surface area (Å²) in [5, 5.41) is 6.93. The van der Waals surface area contributed by atoms with Crippen LogP contribution in [0.25, 0.3) is 0 Å². The highest BCUT2D eigenvalue weighted by Crippen LogP contribution is 2.10. The second kappa shape index (κ2) is 12.5. The van der Waals surface area contributed by atoms with Crippen LogP contribution >= 0.6 is 0 Å². The number of ether oxygens (including phenoxy) is 1. The van der Waals surface area contributed by atoms with Crippen molar-refractivity contribution in [3.63, 3.8) is 0 Å². The lowest BCUT2D eigenvalue weighted by Gasteiger charge is -2.33. The van der Waals surface area contributed by atoms with Gasteiger partial charge in [0.2, 0.25) is 0 Å². The van der Waals surface area contributed by atoms with E-state index in [2.05, 4.69) is 39.6 Å². The molecule has 0 aliphatic carbocycles. The molecule has 0 atom stereocenters. The summed E-state index contributed by atoms with van der Waals surface area (Å²) >= 11 is 0. The van der Waals surface area contributed by atoms with Gasteiger partial charge in [-0.1, -0.05) is 12.2 Å². The lowest BCUT2D eigenvalue weighted by atomic mass is 10.1. The van der Waals surface area contributed by atoms with Crippen LogP contribution in [0.15, 0.2) is 17.1 Å². The molecule has 128 valence electrons. The van der Waals surface area contributed by atoms with Crippen molar-refractivity contribution in [2.24, 2.45) is 4.99 Å². The quantitative estimate of drug-likeness (QED) is 0.296. The van der Waals surface area contributed by atoms with Crippen molar-refractivity contribution in [1.29, 1.82) is 0 Å². The summed E-state index contributed by atoms with van der Waals surface area (Å²) < 4.78 is 5.12. The van der Waals surface area contributed by atoms with Crippen LogP contribution in [0.1, 0.15) is 39.5 Å². The Kier molecular flexibility index (Phi) is 10.8. The molecular weight excluding hydrogens is 276 g/mol. The molecule has 1 aliphatic rings. The van der Waals surface area contributed by atoms with Crippen LogP contribution in [0.2, 0.25) is 0 Å². The van der Waals surface area contributed by atoms with Crippen LogP contribution in [0.4, 0.5) is 0 Å². The Balaban J connectivity index is 2.29. The molecule has 5 nitrogen and oxygen atoms in total. The molecule has 5 heteroatoms. The lowest BCUT2D eigenvalue weighted by Crippen LogP contribution is -2.48. The molecule has 1 heterocycles. The molecule has 2 N–H and O–H groups in total. The van der Waals surface area contributed by atoms with Gasteiger partial charge in [0.05, 0.1) is 0 Å². The molecule has 0 aromatic carbocycles. The van der Waals surface area contributed by atoms with Crippen molar-refractivity contribution >= 4 is 5.96 Å². The fourth-order valence-corrected chi connectivity index (χ4v) is 2.66. The highest BCUT2D eigenvalue weighted by molar-refractivity contribution is 5.80. The minimum Gasteiger partial charge on any atom is -0.385 e. The highest BCUT2D eigenvalue weighted by atomic mass is 16.5. The first kappa shape index (κ1) is 19.0. The standard InChI is InChI=1S/C17H34N4O/c1-4-6-7-11-19-17(18-5-2)20-16-9-13-21(14-10-16)12-8-15-22-3/h4,6,16H,5,7-15H2,1-3H3,(H2,18,19,20)/b6-4+. The molecule has 0 aromatic heterocycles. The normalized spacial score (nSPS) is 18.0. The largest absolute Gasteiger partial charge is 0.385 e. The van der Waals surface area contributed by atoms with Gasteiger partial charge in [-0.05, 0) is 39.5 Å². The van der Waals surface area contributed by atoms with Gasteiger partial charge in [-0.3, -0.25) is 4.99 Å². The number of guanidine groups is 1. The second-order valence-corrected chi connectivity index (χ2v) is 5.72. The van der Waals surface area contributed by atoms with Gasteiger partial charge in [-0.2, -0.15) is 0 Å². The molecule has 0 amide bonds. The Bertz CT molecular complexity index is 323. The topological polar surface area (TPSA) is 48.9 Å². The van der Waals surface area contributed by atoms with E-state index < -0.39 is 0 Å². The summed E-state index contributed by atoms with van der Waals surface area (Å²) in [6, 6.07) is 0.540. The Labute approximate surface area is 136 Å². The second-order valence-electron chi connectivity index (χ2n) is 5.72. The smallest absolute Gasteiger partial charge is 0.191 e. The summed E-state index contributed by atoms with van der Waals surface area (Å²) in [5.41, 5.74) is 0. The van der Waals surface area contributed by atoms with Crippen molar-refractivity contribution in [3.05, 3.63) is 12.2 Å². The predicted molar refractivity (Wildman–Crippen MR) is 94.5 cm³/mol. The maximum absolute atomic E-state index is 5.12. The highest BCUT2D eigenvalue weighted by Gasteiger charge is 2.19. The van der Waals surface area contributed by atoms with Crippen LogP contribution in [0.5, 0.6) is 0 Å². The van der Waals surface area contributed by atoms with Crippen LogP contribution in [0.3, 0.4) is 0 Å². The van der Waals surface area contributed by atoms with E-state index in [1.54, 1.807) is 7.11 Å². The summed E-state index contributed by atoms with van der Waals surface area (Å²) in [6.45, 7) is 10.3. The van der Waals surface area contributed by atoms with Crippen molar-refractivity contribution in [2.45, 2.75) is 45.6 Å². The third-order valence-corrected chi connectivity index (χ3v) is 3.90. The molecular formula is C17H34N4O. The van der Waals surface area contributed by atoms with E-state index in [9.17, 15) is 0 Å². The van der Waals surface area contributed by atoms with Gasteiger partial charge >= 0.3 is 0 Å². The van der Waals surface area contributed by atoms with E-state index >= 15 is 0 Å². The van der Waals surface area contributed by atoms with Gasteiger partial charge in [-0.15, -0.1) is 0 Å². The van der Waals surface area contributed by atoms with Crippen LogP contribution in [-0.4, -0.2) is 63.3 Å². The maximum Gasteiger partial charge on any atom is 0.191 e. The molecule has 22 heavy (non-hydrogen) atoms. The van der Waals surface area contributed by atoms with Gasteiger partial charge < -0.3 is 20.3 Å². The molecule has 0 radical (unpaired) electrons. The minimum atomic E-state index is 0.540. The summed E-state index contributed by atoms with van der Waals surface area (Å²) in [5.74, 6) is 0.963. The average molecular weight is 310 g/mol. The van der Waals surface area contributed by atoms with Gasteiger partial charge in [0.15, 0.2) is 5.96 Å². The summed E-state index contributed by atoms with van der Waals surface area (Å²) in [7, 11) is 1.77. The number of rotatable bonds is 9. The van der Waals surface area contributed by atoms with Crippen molar-refractivity contribution in [2.75, 3.05) is 46.4 Å². The Morgan fingerprint density at radius 1 is 1.36 bits per heavy atom. The van der Waals surface area contributed by atoms with Gasteiger partial charge in [0, 0.05) is 52.5 Å². The summed E-state index contributed by atoms with van der Waals surface area (Å²) in [4.78, 5) is 7.17. The van der Waals surface area contributed by atoms with Gasteiger partial charge in [0.1, 0.15) is 0 Å². The third-order valence-electron chi connectivity index (χ3n) is 3.90. The van der Waals surface area contributed by atoms with Crippen LogP contribution in [0, 0.1) is 0 Å². The fourth-order valence-electron chi connectivity index (χ4n) is 2.66. The number of piperidine rings is 1. The fraction of sp³-hybridized carbons (Fsp3) is 0.824. The van der Waals surface area contributed by atoms with Crippen molar-refractivity contribution < 1.29 is 4.74 Å². The Morgan fingerprint density at radius 3 is 2.77 bits per heavy atom. The zero-order valence-corrected chi connectivity index (χ0v) is 14.6. The number of nitrogens with one attached hydrogen (secondary N) is 2. The molecule has 0 unspecified atom stereocenters. The SMILES string of the molecule is C/C=C/CCN=C(NCC)NC1CCN(CCCOC)CC1. The number of nitrogens with zero attached hydrogens (tertiary/aromatic N) is 2. The van der Waals surface area contributed by atoms with Gasteiger partial charge in [0.25, 0.3) is 0 Å². The average Bonchev–Trinajstić information content (AvgIpc) is 2.53. The Morgan fingerprint density at radius 2 is 2.14 bits per heavy atom. The van der Waals surface area contributed by atoms with Crippen LogP contribution < -0.4 is 10.6 Å². The molecule has 0 saturated carbocycles. The number of allylic oxidation sites excluding steroid dienone is 1. The first-order valence-corrected chi connectivity index (χ1v) is 8.67. The molecule has 0 bridgehead atoms. The molecule has 1 fully saturated rings. The van der Waals surface area contributed by atoms with Crippen molar-refractivity contribution in [1.82, 2.24) is 15.5 Å². The number of aliphatic imine (C=N–C) groups is 1. The third kappa shape index (κ3) is 8.39. The van der Waals surface area contributed by atoms with Crippen LogP contribution in [-0.2, 0) is 4.74 Å². The number of hydrogen-bond donors (Lipinski definition) is 2. The number of hydrogen-bond acceptors (Lipinski definition) is 3. The number of methoxy groups -OCH3 is 1. The Hall–Kier alpha value is -1.07. The van der Waals surface area contributed by atoms with E-state index in [1.807, 2.05) is 6.92 Å². The van der Waals surface area contributed by atoms with Crippen molar-refractivity contribution in [3.8, 4) is 0 Å². The minimum absolute atomic E-state index is 0.540. The summed E-state index contributed by atoms with van der Waals surface area (Å²) in [6.07, 6.45) is 8.74. The maximum atomic E-state index is 5.12. The van der Waals surface area contributed by atoms with E-state index in [1.165, 1.54) is 25.9 Å². The molecule has 0 spiro atoms. The lowest BCUT2D eigenvalue weighted by molar-refractivity contribution is 0.155.